The van der Waals surface area contributed by atoms with Crippen LogP contribution in [0.25, 0.3) is 76.5 Å². The average molecular weight is 895 g/mol. The van der Waals surface area contributed by atoms with Crippen molar-refractivity contribution in [3.05, 3.63) is 243 Å². The molecule has 0 unspecified atom stereocenters. The number of para-hydroxylation sites is 8. The number of fused-ring (bicyclic) bond motifs is 8. The first kappa shape index (κ1) is 40.0. The SMILES string of the molecule is CN1c2ccccc2N(c2ccc3c(-c4ccc(-c5ccccc5)c5ccccc45)c4cc(N5c6ccccc6N(C)c6ccccc65)ccc4c(-c4cccc5ccccc45)c3c2)c2ccccc21. The number of benzene rings is 12. The Morgan fingerprint density at radius 2 is 0.614 bits per heavy atom. The molecule has 2 aliphatic heterocycles. The topological polar surface area (TPSA) is 13.0 Å². The van der Waals surface area contributed by atoms with Gasteiger partial charge in [-0.05, 0) is 149 Å². The van der Waals surface area contributed by atoms with Crippen molar-refractivity contribution >= 4 is 100.0 Å². The zero-order chi connectivity index (χ0) is 46.5. The third kappa shape index (κ3) is 5.96. The van der Waals surface area contributed by atoms with Gasteiger partial charge in [-0.3, -0.25) is 0 Å². The number of anilines is 10. The van der Waals surface area contributed by atoms with Crippen molar-refractivity contribution in [2.45, 2.75) is 0 Å². The summed E-state index contributed by atoms with van der Waals surface area (Å²) in [4.78, 5) is 9.54. The molecule has 0 atom stereocenters. The summed E-state index contributed by atoms with van der Waals surface area (Å²) in [7, 11) is 4.35. The van der Waals surface area contributed by atoms with Crippen LogP contribution in [-0.2, 0) is 0 Å². The molecule has 12 aromatic carbocycles. The molecule has 14 rings (SSSR count). The second kappa shape index (κ2) is 15.7. The molecular weight excluding hydrogens is 849 g/mol. The van der Waals surface area contributed by atoms with Crippen molar-refractivity contribution in [3.63, 3.8) is 0 Å². The van der Waals surface area contributed by atoms with Gasteiger partial charge in [0.05, 0.1) is 45.5 Å². The van der Waals surface area contributed by atoms with Crippen molar-refractivity contribution < 1.29 is 0 Å². The normalized spacial score (nSPS) is 12.9. The Hall–Kier alpha value is -9.12. The monoisotopic (exact) mass is 894 g/mol. The zero-order valence-corrected chi connectivity index (χ0v) is 38.9. The summed E-state index contributed by atoms with van der Waals surface area (Å²) in [5.74, 6) is 0. The summed E-state index contributed by atoms with van der Waals surface area (Å²) in [6.07, 6.45) is 0. The molecule has 0 bridgehead atoms. The minimum Gasteiger partial charge on any atom is -0.341 e. The summed E-state index contributed by atoms with van der Waals surface area (Å²) >= 11 is 0. The second-order valence-electron chi connectivity index (χ2n) is 18.6. The molecule has 12 aromatic rings. The lowest BCUT2D eigenvalue weighted by atomic mass is 9.82. The van der Waals surface area contributed by atoms with Gasteiger partial charge in [0.2, 0.25) is 0 Å². The molecule has 0 amide bonds. The first-order valence-electron chi connectivity index (χ1n) is 24.1. The highest BCUT2D eigenvalue weighted by Crippen LogP contribution is 2.56. The molecule has 2 aliphatic rings. The highest BCUT2D eigenvalue weighted by molar-refractivity contribution is 6.27. The van der Waals surface area contributed by atoms with E-state index >= 15 is 0 Å². The van der Waals surface area contributed by atoms with E-state index in [2.05, 4.69) is 276 Å². The largest absolute Gasteiger partial charge is 0.341 e. The number of nitrogens with zero attached hydrogens (tertiary/aromatic N) is 4. The Bertz CT molecular complexity index is 3980. The van der Waals surface area contributed by atoms with Gasteiger partial charge in [-0.2, -0.15) is 0 Å². The van der Waals surface area contributed by atoms with Gasteiger partial charge in [0, 0.05) is 25.5 Å². The van der Waals surface area contributed by atoms with E-state index in [0.29, 0.717) is 0 Å². The molecule has 2 heterocycles. The molecule has 4 heteroatoms. The fourth-order valence-corrected chi connectivity index (χ4v) is 11.7. The Balaban J connectivity index is 1.13. The molecule has 0 fully saturated rings. The van der Waals surface area contributed by atoms with Crippen LogP contribution in [0.3, 0.4) is 0 Å². The number of hydrogen-bond acceptors (Lipinski definition) is 4. The van der Waals surface area contributed by atoms with E-state index in [0.717, 1.165) is 34.1 Å². The molecular formula is C66H46N4. The van der Waals surface area contributed by atoms with E-state index in [9.17, 15) is 0 Å². The summed E-state index contributed by atoms with van der Waals surface area (Å²) < 4.78 is 0. The lowest BCUT2D eigenvalue weighted by molar-refractivity contribution is 1.13. The van der Waals surface area contributed by atoms with Crippen LogP contribution in [0, 0.1) is 0 Å². The van der Waals surface area contributed by atoms with E-state index in [1.165, 1.54) is 99.2 Å². The van der Waals surface area contributed by atoms with E-state index in [1.54, 1.807) is 0 Å². The molecule has 0 spiro atoms. The van der Waals surface area contributed by atoms with Gasteiger partial charge in [-0.25, -0.2) is 0 Å². The van der Waals surface area contributed by atoms with Crippen molar-refractivity contribution in [3.8, 4) is 33.4 Å². The number of hydrogen-bond donors (Lipinski definition) is 0. The maximum absolute atomic E-state index is 2.47. The van der Waals surface area contributed by atoms with Gasteiger partial charge in [0.15, 0.2) is 0 Å². The maximum atomic E-state index is 2.47. The van der Waals surface area contributed by atoms with Crippen LogP contribution in [0.15, 0.2) is 243 Å². The predicted octanol–water partition coefficient (Wildman–Crippen LogP) is 18.4. The van der Waals surface area contributed by atoms with Crippen molar-refractivity contribution in [2.75, 3.05) is 33.7 Å². The molecule has 0 saturated heterocycles. The van der Waals surface area contributed by atoms with Crippen molar-refractivity contribution in [1.29, 1.82) is 0 Å². The fourth-order valence-electron chi connectivity index (χ4n) is 11.7. The van der Waals surface area contributed by atoms with E-state index < -0.39 is 0 Å². The van der Waals surface area contributed by atoms with Gasteiger partial charge in [-0.1, -0.05) is 170 Å². The van der Waals surface area contributed by atoms with Crippen LogP contribution in [0.4, 0.5) is 56.9 Å². The Labute approximate surface area is 407 Å². The van der Waals surface area contributed by atoms with Crippen LogP contribution in [0.1, 0.15) is 0 Å². The zero-order valence-electron chi connectivity index (χ0n) is 38.9. The molecule has 0 aromatic heterocycles. The minimum absolute atomic E-state index is 1.11. The lowest BCUT2D eigenvalue weighted by Crippen LogP contribution is -2.24. The molecule has 0 N–H and O–H groups in total. The van der Waals surface area contributed by atoms with Crippen LogP contribution in [-0.4, -0.2) is 14.1 Å². The standard InChI is InChI=1S/C66H46N4/c1-67-57-27-10-14-31-61(57)69(62-32-15-11-28-58(62)67)45-36-38-54-55(41-45)65(51-26-18-22-44-21-6-7-23-47(44)51)53-37-35-46(70-63-33-16-12-29-59(63)68(2)60-30-13-17-34-64(60)70)42-56(53)66(54)52-40-39-48(43-19-4-3-5-20-43)49-24-8-9-25-50(49)52/h3-42H,1-2H3. The predicted molar refractivity (Wildman–Crippen MR) is 298 cm³/mol. The minimum atomic E-state index is 1.11. The Morgan fingerprint density at radius 1 is 0.243 bits per heavy atom. The maximum Gasteiger partial charge on any atom is 0.0699 e. The second-order valence-corrected chi connectivity index (χ2v) is 18.6. The highest BCUT2D eigenvalue weighted by atomic mass is 15.3. The van der Waals surface area contributed by atoms with Crippen LogP contribution in [0.5, 0.6) is 0 Å². The lowest BCUT2D eigenvalue weighted by Gasteiger charge is -2.39. The van der Waals surface area contributed by atoms with Crippen molar-refractivity contribution in [2.24, 2.45) is 0 Å². The van der Waals surface area contributed by atoms with Crippen molar-refractivity contribution in [1.82, 2.24) is 0 Å². The molecule has 0 radical (unpaired) electrons. The molecule has 70 heavy (non-hydrogen) atoms. The van der Waals surface area contributed by atoms with Crippen LogP contribution >= 0.6 is 0 Å². The van der Waals surface area contributed by atoms with Gasteiger partial charge in [-0.15, -0.1) is 0 Å². The van der Waals surface area contributed by atoms with Gasteiger partial charge >= 0.3 is 0 Å². The molecule has 0 saturated carbocycles. The summed E-state index contributed by atoms with van der Waals surface area (Å²) in [5.41, 5.74) is 18.8. The van der Waals surface area contributed by atoms with E-state index in [-0.39, 0.29) is 0 Å². The Morgan fingerprint density at radius 3 is 1.11 bits per heavy atom. The quantitative estimate of drug-likeness (QED) is 0.160. The summed E-state index contributed by atoms with van der Waals surface area (Å²) in [5, 5.41) is 9.68. The first-order chi connectivity index (χ1) is 34.6. The molecule has 0 aliphatic carbocycles. The average Bonchev–Trinajstić information content (AvgIpc) is 3.42. The Kier molecular flexibility index (Phi) is 8.99. The van der Waals surface area contributed by atoms with Crippen LogP contribution in [0.2, 0.25) is 0 Å². The van der Waals surface area contributed by atoms with E-state index in [1.807, 2.05) is 0 Å². The van der Waals surface area contributed by atoms with Crippen LogP contribution < -0.4 is 19.6 Å². The molecule has 330 valence electrons. The number of rotatable bonds is 5. The highest BCUT2D eigenvalue weighted by Gasteiger charge is 2.31. The van der Waals surface area contributed by atoms with E-state index in [4.69, 9.17) is 0 Å². The summed E-state index contributed by atoms with van der Waals surface area (Å²) in [6, 6.07) is 89.7. The summed E-state index contributed by atoms with van der Waals surface area (Å²) in [6.45, 7) is 0. The smallest absolute Gasteiger partial charge is 0.0699 e. The van der Waals surface area contributed by atoms with Gasteiger partial charge in [0.1, 0.15) is 0 Å². The van der Waals surface area contributed by atoms with Gasteiger partial charge in [0.25, 0.3) is 0 Å². The first-order valence-corrected chi connectivity index (χ1v) is 24.1. The van der Waals surface area contributed by atoms with Gasteiger partial charge < -0.3 is 19.6 Å². The molecule has 4 nitrogen and oxygen atoms in total. The fraction of sp³-hybridized carbons (Fsp3) is 0.0303. The third-order valence-corrected chi connectivity index (χ3v) is 14.9. The third-order valence-electron chi connectivity index (χ3n) is 14.9.